The molecule has 3 nitrogen and oxygen atoms in total. The van der Waals surface area contributed by atoms with Crippen molar-refractivity contribution in [3.05, 3.63) is 35.4 Å². The van der Waals surface area contributed by atoms with Crippen molar-refractivity contribution < 1.29 is 4.79 Å². The van der Waals surface area contributed by atoms with Crippen LogP contribution in [0.1, 0.15) is 31.4 Å². The molecule has 3 heteroatoms. The zero-order valence-electron chi connectivity index (χ0n) is 11.3. The van der Waals surface area contributed by atoms with Crippen LogP contribution in [-0.2, 0) is 11.2 Å². The molecule has 1 N–H and O–H groups in total. The van der Waals surface area contributed by atoms with E-state index >= 15 is 0 Å². The second-order valence-electron chi connectivity index (χ2n) is 5.26. The summed E-state index contributed by atoms with van der Waals surface area (Å²) in [6.07, 6.45) is 1.20. The van der Waals surface area contributed by atoms with E-state index in [9.17, 15) is 4.79 Å². The Morgan fingerprint density at radius 3 is 2.78 bits per heavy atom. The molecule has 0 saturated carbocycles. The van der Waals surface area contributed by atoms with Crippen LogP contribution in [0.25, 0.3) is 0 Å². The van der Waals surface area contributed by atoms with E-state index in [1.54, 1.807) is 0 Å². The monoisotopic (exact) mass is 244 g/mol. The highest BCUT2D eigenvalue weighted by atomic mass is 16.1. The number of nitrogens with one attached hydrogen (secondary N) is 1. The third-order valence-corrected chi connectivity index (χ3v) is 2.75. The average Bonchev–Trinajstić information content (AvgIpc) is 2.34. The van der Waals surface area contributed by atoms with E-state index in [4.69, 9.17) is 5.26 Å². The van der Waals surface area contributed by atoms with Crippen LogP contribution >= 0.6 is 0 Å². The molecule has 0 aliphatic carbocycles. The van der Waals surface area contributed by atoms with Crippen molar-refractivity contribution in [3.63, 3.8) is 0 Å². The van der Waals surface area contributed by atoms with Crippen LogP contribution in [0.4, 0.5) is 0 Å². The first-order valence-corrected chi connectivity index (χ1v) is 6.16. The fourth-order valence-electron chi connectivity index (χ4n) is 1.57. The van der Waals surface area contributed by atoms with E-state index in [-0.39, 0.29) is 5.91 Å². The lowest BCUT2D eigenvalue weighted by Crippen LogP contribution is -2.33. The molecule has 0 radical (unpaired) electrons. The number of aryl methyl sites for hydroxylation is 2. The minimum absolute atomic E-state index is 0.000156. The molecular formula is C15H20N2O. The quantitative estimate of drug-likeness (QED) is 0.865. The van der Waals surface area contributed by atoms with Gasteiger partial charge < -0.3 is 5.32 Å². The summed E-state index contributed by atoms with van der Waals surface area (Å²) in [5, 5.41) is 11.6. The topological polar surface area (TPSA) is 52.9 Å². The molecule has 1 rings (SSSR count). The van der Waals surface area contributed by atoms with Crippen molar-refractivity contribution in [2.75, 3.05) is 6.54 Å². The van der Waals surface area contributed by atoms with Crippen molar-refractivity contribution in [1.82, 2.24) is 5.32 Å². The molecular weight excluding hydrogens is 224 g/mol. The van der Waals surface area contributed by atoms with Crippen molar-refractivity contribution in [1.29, 1.82) is 5.26 Å². The predicted molar refractivity (Wildman–Crippen MR) is 71.9 cm³/mol. The zero-order chi connectivity index (χ0) is 13.6. The van der Waals surface area contributed by atoms with Crippen LogP contribution < -0.4 is 5.32 Å². The van der Waals surface area contributed by atoms with Gasteiger partial charge in [-0.3, -0.25) is 4.79 Å². The molecule has 96 valence electrons. The van der Waals surface area contributed by atoms with Crippen molar-refractivity contribution in [2.24, 2.45) is 5.41 Å². The Morgan fingerprint density at radius 2 is 2.17 bits per heavy atom. The van der Waals surface area contributed by atoms with Gasteiger partial charge in [0.15, 0.2) is 0 Å². The highest BCUT2D eigenvalue weighted by molar-refractivity contribution is 5.76. The molecule has 1 aromatic carbocycles. The van der Waals surface area contributed by atoms with Gasteiger partial charge in [-0.1, -0.05) is 29.8 Å². The lowest BCUT2D eigenvalue weighted by Gasteiger charge is -2.15. The fourth-order valence-corrected chi connectivity index (χ4v) is 1.57. The lowest BCUT2D eigenvalue weighted by molar-refractivity contribution is -0.121. The van der Waals surface area contributed by atoms with Gasteiger partial charge in [-0.05, 0) is 32.8 Å². The highest BCUT2D eigenvalue weighted by Gasteiger charge is 2.17. The van der Waals surface area contributed by atoms with E-state index in [1.165, 1.54) is 11.1 Å². The molecule has 0 aliphatic heterocycles. The van der Waals surface area contributed by atoms with Crippen LogP contribution in [0.2, 0.25) is 0 Å². The Kier molecular flexibility index (Phi) is 4.91. The normalized spacial score (nSPS) is 10.8. The first-order chi connectivity index (χ1) is 8.43. The van der Waals surface area contributed by atoms with E-state index in [0.29, 0.717) is 13.0 Å². The number of hydrogen-bond donors (Lipinski definition) is 1. The number of rotatable bonds is 5. The number of carbonyl (C=O) groups excluding carboxylic acids is 1. The summed E-state index contributed by atoms with van der Waals surface area (Å²) in [6, 6.07) is 10.3. The molecule has 0 aliphatic rings. The lowest BCUT2D eigenvalue weighted by atomic mass is 9.96. The summed E-state index contributed by atoms with van der Waals surface area (Å²) in [6.45, 7) is 6.07. The summed E-state index contributed by atoms with van der Waals surface area (Å²) < 4.78 is 0. The third-order valence-electron chi connectivity index (χ3n) is 2.75. The molecule has 0 unspecified atom stereocenters. The van der Waals surface area contributed by atoms with E-state index < -0.39 is 5.41 Å². The minimum atomic E-state index is -0.501. The summed E-state index contributed by atoms with van der Waals surface area (Å²) in [7, 11) is 0. The molecule has 18 heavy (non-hydrogen) atoms. The van der Waals surface area contributed by atoms with Crippen LogP contribution in [0, 0.1) is 23.7 Å². The SMILES string of the molecule is Cc1cccc(CCC(=O)NCC(C)(C)C#N)c1. The Balaban J connectivity index is 2.36. The van der Waals surface area contributed by atoms with Gasteiger partial charge in [-0.25, -0.2) is 0 Å². The molecule has 0 spiro atoms. The van der Waals surface area contributed by atoms with Crippen molar-refractivity contribution in [3.8, 4) is 6.07 Å². The third kappa shape index (κ3) is 5.01. The van der Waals surface area contributed by atoms with Crippen LogP contribution in [0.15, 0.2) is 24.3 Å². The number of carbonyl (C=O) groups is 1. The molecule has 1 aromatic rings. The summed E-state index contributed by atoms with van der Waals surface area (Å²) in [4.78, 5) is 11.6. The van der Waals surface area contributed by atoms with Crippen molar-refractivity contribution >= 4 is 5.91 Å². The Morgan fingerprint density at radius 1 is 1.44 bits per heavy atom. The number of nitriles is 1. The summed E-state index contributed by atoms with van der Waals surface area (Å²) >= 11 is 0. The summed E-state index contributed by atoms with van der Waals surface area (Å²) in [5.74, 6) is -0.000156. The number of amides is 1. The van der Waals surface area contributed by atoms with E-state index in [0.717, 1.165) is 6.42 Å². The van der Waals surface area contributed by atoms with Gasteiger partial charge >= 0.3 is 0 Å². The standard InChI is InChI=1S/C15H20N2O/c1-12-5-4-6-13(9-12)7-8-14(18)17-11-15(2,3)10-16/h4-6,9H,7-8,11H2,1-3H3,(H,17,18). The van der Waals surface area contributed by atoms with Crippen LogP contribution in [0.5, 0.6) is 0 Å². The molecule has 0 atom stereocenters. The summed E-state index contributed by atoms with van der Waals surface area (Å²) in [5.41, 5.74) is 1.88. The molecule has 0 heterocycles. The maximum absolute atomic E-state index is 11.6. The Bertz CT molecular complexity index is 458. The first-order valence-electron chi connectivity index (χ1n) is 6.16. The van der Waals surface area contributed by atoms with Gasteiger partial charge in [0.05, 0.1) is 11.5 Å². The predicted octanol–water partition coefficient (Wildman–Crippen LogP) is 2.59. The molecule has 1 amide bonds. The Hall–Kier alpha value is -1.82. The smallest absolute Gasteiger partial charge is 0.220 e. The second kappa shape index (κ2) is 6.20. The molecule has 0 bridgehead atoms. The number of nitrogens with zero attached hydrogens (tertiary/aromatic N) is 1. The van der Waals surface area contributed by atoms with Crippen LogP contribution in [-0.4, -0.2) is 12.5 Å². The largest absolute Gasteiger partial charge is 0.355 e. The Labute approximate surface area is 109 Å². The molecule has 0 fully saturated rings. The first kappa shape index (κ1) is 14.2. The molecule has 0 saturated heterocycles. The van der Waals surface area contributed by atoms with Gasteiger partial charge in [-0.15, -0.1) is 0 Å². The van der Waals surface area contributed by atoms with Gasteiger partial charge in [0.1, 0.15) is 0 Å². The number of benzene rings is 1. The van der Waals surface area contributed by atoms with E-state index in [1.807, 2.05) is 39.0 Å². The van der Waals surface area contributed by atoms with Crippen molar-refractivity contribution in [2.45, 2.75) is 33.6 Å². The van der Waals surface area contributed by atoms with Crippen LogP contribution in [0.3, 0.4) is 0 Å². The number of hydrogen-bond acceptors (Lipinski definition) is 2. The average molecular weight is 244 g/mol. The van der Waals surface area contributed by atoms with Gasteiger partial charge in [0, 0.05) is 13.0 Å². The van der Waals surface area contributed by atoms with Gasteiger partial charge in [-0.2, -0.15) is 5.26 Å². The van der Waals surface area contributed by atoms with Gasteiger partial charge in [0.25, 0.3) is 0 Å². The fraction of sp³-hybridized carbons (Fsp3) is 0.467. The van der Waals surface area contributed by atoms with Gasteiger partial charge in [0.2, 0.25) is 5.91 Å². The molecule has 0 aromatic heterocycles. The maximum Gasteiger partial charge on any atom is 0.220 e. The minimum Gasteiger partial charge on any atom is -0.355 e. The zero-order valence-corrected chi connectivity index (χ0v) is 11.3. The highest BCUT2D eigenvalue weighted by Crippen LogP contribution is 2.11. The second-order valence-corrected chi connectivity index (χ2v) is 5.26. The maximum atomic E-state index is 11.6. The van der Waals surface area contributed by atoms with E-state index in [2.05, 4.69) is 17.5 Å².